The standard InChI is InChI=1S/C19H17N3O2/c23-19-18(20-11-15(22-19)13-7-3-1-4-8-13)21-16-12-24-17(16)14-9-5-2-6-10-14/h1-11,16-17H,12H2,(H,20,21)(H,22,23). The number of rotatable bonds is 4. The van der Waals surface area contributed by atoms with Crippen molar-refractivity contribution in [3.8, 4) is 11.3 Å². The molecule has 24 heavy (non-hydrogen) atoms. The van der Waals surface area contributed by atoms with Gasteiger partial charge in [-0.2, -0.15) is 0 Å². The van der Waals surface area contributed by atoms with E-state index in [0.29, 0.717) is 18.1 Å². The van der Waals surface area contributed by atoms with Crippen LogP contribution in [0.25, 0.3) is 11.3 Å². The first kappa shape index (κ1) is 14.7. The van der Waals surface area contributed by atoms with Gasteiger partial charge in [-0.05, 0) is 11.1 Å². The molecule has 2 aromatic carbocycles. The number of hydrogen-bond acceptors (Lipinski definition) is 4. The van der Waals surface area contributed by atoms with Gasteiger partial charge in [0.1, 0.15) is 6.10 Å². The molecule has 2 unspecified atom stereocenters. The fraction of sp³-hybridized carbons (Fsp3) is 0.158. The van der Waals surface area contributed by atoms with Crippen LogP contribution in [-0.4, -0.2) is 22.6 Å². The second kappa shape index (κ2) is 6.29. The lowest BCUT2D eigenvalue weighted by Crippen LogP contribution is -2.45. The molecule has 1 aliphatic rings. The van der Waals surface area contributed by atoms with Crippen molar-refractivity contribution in [2.75, 3.05) is 11.9 Å². The summed E-state index contributed by atoms with van der Waals surface area (Å²) < 4.78 is 5.63. The first-order chi connectivity index (χ1) is 11.8. The van der Waals surface area contributed by atoms with Crippen molar-refractivity contribution < 1.29 is 4.74 Å². The Hall–Kier alpha value is -2.92. The van der Waals surface area contributed by atoms with Gasteiger partial charge in [0.05, 0.1) is 24.5 Å². The fourth-order valence-corrected chi connectivity index (χ4v) is 2.82. The third-order valence-electron chi connectivity index (χ3n) is 4.14. The van der Waals surface area contributed by atoms with E-state index in [1.165, 1.54) is 0 Å². The van der Waals surface area contributed by atoms with E-state index in [1.807, 2.05) is 60.7 Å². The number of aromatic nitrogens is 2. The molecule has 1 fully saturated rings. The number of H-pyrrole nitrogens is 1. The quantitative estimate of drug-likeness (QED) is 0.776. The average molecular weight is 319 g/mol. The van der Waals surface area contributed by atoms with Gasteiger partial charge < -0.3 is 15.0 Å². The van der Waals surface area contributed by atoms with Crippen molar-refractivity contribution in [2.45, 2.75) is 12.1 Å². The summed E-state index contributed by atoms with van der Waals surface area (Å²) >= 11 is 0. The number of nitrogens with one attached hydrogen (secondary N) is 2. The summed E-state index contributed by atoms with van der Waals surface area (Å²) in [7, 11) is 0. The predicted octanol–water partition coefficient (Wildman–Crippen LogP) is 2.99. The molecule has 4 rings (SSSR count). The van der Waals surface area contributed by atoms with Gasteiger partial charge in [-0.3, -0.25) is 4.79 Å². The summed E-state index contributed by atoms with van der Waals surface area (Å²) in [6.07, 6.45) is 1.62. The molecule has 0 amide bonds. The minimum absolute atomic E-state index is 0.0450. The summed E-state index contributed by atoms with van der Waals surface area (Å²) in [5, 5.41) is 3.19. The molecule has 1 saturated heterocycles. The van der Waals surface area contributed by atoms with E-state index in [1.54, 1.807) is 6.20 Å². The Bertz CT molecular complexity index is 878. The molecule has 0 aliphatic carbocycles. The van der Waals surface area contributed by atoms with Gasteiger partial charge in [0.15, 0.2) is 5.82 Å². The van der Waals surface area contributed by atoms with Crippen molar-refractivity contribution in [3.05, 3.63) is 82.8 Å². The van der Waals surface area contributed by atoms with Gasteiger partial charge in [0.2, 0.25) is 0 Å². The summed E-state index contributed by atoms with van der Waals surface area (Å²) in [4.78, 5) is 19.5. The van der Waals surface area contributed by atoms with Crippen LogP contribution in [0.2, 0.25) is 0 Å². The molecule has 0 radical (unpaired) electrons. The number of anilines is 1. The lowest BCUT2D eigenvalue weighted by atomic mass is 9.98. The highest BCUT2D eigenvalue weighted by Crippen LogP contribution is 2.31. The van der Waals surface area contributed by atoms with E-state index in [-0.39, 0.29) is 17.7 Å². The molecule has 0 spiro atoms. The molecule has 0 bridgehead atoms. The minimum atomic E-state index is -0.227. The van der Waals surface area contributed by atoms with Crippen molar-refractivity contribution in [2.24, 2.45) is 0 Å². The van der Waals surface area contributed by atoms with Crippen molar-refractivity contribution in [3.63, 3.8) is 0 Å². The van der Waals surface area contributed by atoms with E-state index in [9.17, 15) is 4.79 Å². The number of benzene rings is 2. The molecule has 0 saturated carbocycles. The highest BCUT2D eigenvalue weighted by molar-refractivity contribution is 5.58. The van der Waals surface area contributed by atoms with Crippen LogP contribution >= 0.6 is 0 Å². The molecule has 5 nitrogen and oxygen atoms in total. The second-order valence-corrected chi connectivity index (χ2v) is 5.76. The van der Waals surface area contributed by atoms with Crippen LogP contribution < -0.4 is 10.9 Å². The van der Waals surface area contributed by atoms with E-state index in [0.717, 1.165) is 11.1 Å². The third kappa shape index (κ3) is 2.81. The Morgan fingerprint density at radius 3 is 2.38 bits per heavy atom. The van der Waals surface area contributed by atoms with Crippen LogP contribution in [0.15, 0.2) is 71.7 Å². The van der Waals surface area contributed by atoms with E-state index in [2.05, 4.69) is 15.3 Å². The molecular formula is C19H17N3O2. The van der Waals surface area contributed by atoms with Gasteiger partial charge in [-0.25, -0.2) is 4.98 Å². The van der Waals surface area contributed by atoms with Gasteiger partial charge >= 0.3 is 0 Å². The summed E-state index contributed by atoms with van der Waals surface area (Å²) in [5.74, 6) is 0.323. The Morgan fingerprint density at radius 1 is 1.04 bits per heavy atom. The first-order valence-electron chi connectivity index (χ1n) is 7.89. The molecule has 2 N–H and O–H groups in total. The summed E-state index contributed by atoms with van der Waals surface area (Å²) in [6.45, 7) is 0.557. The van der Waals surface area contributed by atoms with Crippen molar-refractivity contribution in [1.29, 1.82) is 0 Å². The van der Waals surface area contributed by atoms with Crippen molar-refractivity contribution >= 4 is 5.82 Å². The summed E-state index contributed by atoms with van der Waals surface area (Å²) in [5.41, 5.74) is 2.51. The maximum Gasteiger partial charge on any atom is 0.291 e. The lowest BCUT2D eigenvalue weighted by Gasteiger charge is -2.37. The topological polar surface area (TPSA) is 67.0 Å². The molecule has 1 aliphatic heterocycles. The largest absolute Gasteiger partial charge is 0.369 e. The highest BCUT2D eigenvalue weighted by Gasteiger charge is 2.34. The molecule has 2 atom stereocenters. The van der Waals surface area contributed by atoms with Gasteiger partial charge in [0.25, 0.3) is 5.56 Å². The highest BCUT2D eigenvalue weighted by atomic mass is 16.5. The van der Waals surface area contributed by atoms with Gasteiger partial charge in [0, 0.05) is 0 Å². The van der Waals surface area contributed by atoms with Crippen LogP contribution in [0.3, 0.4) is 0 Å². The smallest absolute Gasteiger partial charge is 0.291 e. The van der Waals surface area contributed by atoms with Gasteiger partial charge in [-0.1, -0.05) is 60.7 Å². The third-order valence-corrected chi connectivity index (χ3v) is 4.14. The molecular weight excluding hydrogens is 302 g/mol. The molecule has 1 aromatic heterocycles. The lowest BCUT2D eigenvalue weighted by molar-refractivity contribution is -0.0670. The molecule has 2 heterocycles. The number of nitrogens with zero attached hydrogens (tertiary/aromatic N) is 1. The Morgan fingerprint density at radius 2 is 1.75 bits per heavy atom. The number of aromatic amines is 1. The fourth-order valence-electron chi connectivity index (χ4n) is 2.82. The summed E-state index contributed by atoms with van der Waals surface area (Å²) in [6, 6.07) is 19.7. The van der Waals surface area contributed by atoms with E-state index < -0.39 is 0 Å². The zero-order valence-electron chi connectivity index (χ0n) is 13.0. The minimum Gasteiger partial charge on any atom is -0.369 e. The Balaban J connectivity index is 1.52. The zero-order valence-corrected chi connectivity index (χ0v) is 13.0. The van der Waals surface area contributed by atoms with Crippen LogP contribution in [0.4, 0.5) is 5.82 Å². The SMILES string of the molecule is O=c1[nH]c(-c2ccccc2)cnc1NC1COC1c1ccccc1. The molecule has 3 aromatic rings. The maximum atomic E-state index is 12.3. The predicted molar refractivity (Wildman–Crippen MR) is 92.8 cm³/mol. The molecule has 120 valence electrons. The van der Waals surface area contributed by atoms with Crippen LogP contribution in [0.5, 0.6) is 0 Å². The maximum absolute atomic E-state index is 12.3. The average Bonchev–Trinajstić information content (AvgIpc) is 2.61. The van der Waals surface area contributed by atoms with E-state index in [4.69, 9.17) is 4.74 Å². The monoisotopic (exact) mass is 319 g/mol. The Labute approximate surface area is 139 Å². The second-order valence-electron chi connectivity index (χ2n) is 5.76. The zero-order chi connectivity index (χ0) is 16.4. The first-order valence-corrected chi connectivity index (χ1v) is 7.89. The normalized spacial score (nSPS) is 19.5. The molecule has 5 heteroatoms. The van der Waals surface area contributed by atoms with Crippen LogP contribution in [0.1, 0.15) is 11.7 Å². The van der Waals surface area contributed by atoms with E-state index >= 15 is 0 Å². The Kier molecular flexibility index (Phi) is 3.84. The van der Waals surface area contributed by atoms with Crippen LogP contribution in [0, 0.1) is 0 Å². The van der Waals surface area contributed by atoms with Crippen LogP contribution in [-0.2, 0) is 4.74 Å². The van der Waals surface area contributed by atoms with Crippen molar-refractivity contribution in [1.82, 2.24) is 9.97 Å². The van der Waals surface area contributed by atoms with Gasteiger partial charge in [-0.15, -0.1) is 0 Å². The number of ether oxygens (including phenoxy) is 1. The number of hydrogen-bond donors (Lipinski definition) is 2.